The zero-order valence-electron chi connectivity index (χ0n) is 8.07. The van der Waals surface area contributed by atoms with E-state index in [0.29, 0.717) is 31.5 Å². The van der Waals surface area contributed by atoms with Gasteiger partial charge in [-0.15, -0.1) is 0 Å². The summed E-state index contributed by atoms with van der Waals surface area (Å²) in [5.74, 6) is 0.321. The third kappa shape index (κ3) is 2.25. The largest absolute Gasteiger partial charge is 0.493 e. The Balaban J connectivity index is 1.97. The second-order valence-corrected chi connectivity index (χ2v) is 3.47. The van der Waals surface area contributed by atoms with Crippen LogP contribution in [0.1, 0.15) is 5.56 Å². The van der Waals surface area contributed by atoms with E-state index in [4.69, 9.17) is 14.7 Å². The summed E-state index contributed by atoms with van der Waals surface area (Å²) in [7, 11) is 0. The molecule has 1 saturated heterocycles. The van der Waals surface area contributed by atoms with Crippen molar-refractivity contribution in [1.29, 1.82) is 5.26 Å². The lowest BCUT2D eigenvalue weighted by molar-refractivity contribution is -0.0508. The van der Waals surface area contributed by atoms with Crippen molar-refractivity contribution in [3.05, 3.63) is 29.6 Å². The Kier molecular flexibility index (Phi) is 2.84. The predicted molar refractivity (Wildman–Crippen MR) is 50.9 cm³/mol. The minimum Gasteiger partial charge on any atom is -0.493 e. The lowest BCUT2D eigenvalue weighted by Crippen LogP contribution is -2.32. The Morgan fingerprint density at radius 2 is 2.33 bits per heavy atom. The maximum absolute atomic E-state index is 13.1. The lowest BCUT2D eigenvalue weighted by atomic mass is 10.1. The Labute approximate surface area is 87.0 Å². The van der Waals surface area contributed by atoms with Crippen molar-refractivity contribution >= 4 is 0 Å². The summed E-state index contributed by atoms with van der Waals surface area (Å²) in [6.07, 6.45) is 0. The van der Waals surface area contributed by atoms with Gasteiger partial charge >= 0.3 is 0 Å². The summed E-state index contributed by atoms with van der Waals surface area (Å²) in [4.78, 5) is 0. The molecular weight excluding hydrogens is 197 g/mol. The number of halogens is 1. The number of hydrogen-bond acceptors (Lipinski definition) is 3. The lowest BCUT2D eigenvalue weighted by Gasteiger charge is -2.25. The molecule has 0 unspecified atom stereocenters. The van der Waals surface area contributed by atoms with Crippen LogP contribution in [-0.2, 0) is 4.74 Å². The smallest absolute Gasteiger partial charge is 0.144 e. The third-order valence-corrected chi connectivity index (χ3v) is 2.25. The maximum Gasteiger partial charge on any atom is 0.144 e. The zero-order chi connectivity index (χ0) is 10.7. The van der Waals surface area contributed by atoms with Gasteiger partial charge in [0, 0.05) is 12.0 Å². The normalized spacial score (nSPS) is 15.5. The molecule has 0 aliphatic carbocycles. The summed E-state index contributed by atoms with van der Waals surface area (Å²) >= 11 is 0. The molecule has 0 radical (unpaired) electrons. The highest BCUT2D eigenvalue weighted by Gasteiger charge is 2.19. The predicted octanol–water partition coefficient (Wildman–Crippen LogP) is 1.72. The van der Waals surface area contributed by atoms with Crippen LogP contribution in [0.5, 0.6) is 5.75 Å². The van der Waals surface area contributed by atoms with Crippen LogP contribution in [0.2, 0.25) is 0 Å². The summed E-state index contributed by atoms with van der Waals surface area (Å²) in [5, 5.41) is 8.53. The van der Waals surface area contributed by atoms with Gasteiger partial charge in [-0.3, -0.25) is 0 Å². The average molecular weight is 207 g/mol. The van der Waals surface area contributed by atoms with E-state index in [-0.39, 0.29) is 5.56 Å². The van der Waals surface area contributed by atoms with Crippen LogP contribution >= 0.6 is 0 Å². The van der Waals surface area contributed by atoms with E-state index < -0.39 is 5.82 Å². The highest BCUT2D eigenvalue weighted by Crippen LogP contribution is 2.18. The number of ether oxygens (including phenoxy) is 2. The van der Waals surface area contributed by atoms with Crippen LogP contribution < -0.4 is 4.74 Å². The fourth-order valence-corrected chi connectivity index (χ4v) is 1.27. The van der Waals surface area contributed by atoms with Crippen molar-refractivity contribution in [2.75, 3.05) is 19.8 Å². The molecule has 0 spiro atoms. The Hall–Kier alpha value is -1.60. The van der Waals surface area contributed by atoms with Crippen LogP contribution in [0.25, 0.3) is 0 Å². The molecule has 3 nitrogen and oxygen atoms in total. The molecule has 1 aliphatic rings. The first-order valence-electron chi connectivity index (χ1n) is 4.70. The van der Waals surface area contributed by atoms with Crippen molar-refractivity contribution in [2.45, 2.75) is 0 Å². The summed E-state index contributed by atoms with van der Waals surface area (Å²) in [6, 6.07) is 6.01. The fraction of sp³-hybridized carbons (Fsp3) is 0.364. The van der Waals surface area contributed by atoms with Gasteiger partial charge < -0.3 is 9.47 Å². The monoisotopic (exact) mass is 207 g/mol. The van der Waals surface area contributed by atoms with Gasteiger partial charge in [-0.1, -0.05) is 0 Å². The molecule has 0 N–H and O–H groups in total. The first-order chi connectivity index (χ1) is 7.29. The molecule has 1 aromatic rings. The van der Waals surface area contributed by atoms with E-state index in [1.807, 2.05) is 0 Å². The zero-order valence-corrected chi connectivity index (χ0v) is 8.07. The quantitative estimate of drug-likeness (QED) is 0.757. The molecule has 0 bridgehead atoms. The van der Waals surface area contributed by atoms with Gasteiger partial charge in [-0.05, 0) is 12.1 Å². The fourth-order valence-electron chi connectivity index (χ4n) is 1.27. The van der Waals surface area contributed by atoms with Crippen LogP contribution in [0.15, 0.2) is 18.2 Å². The van der Waals surface area contributed by atoms with Gasteiger partial charge in [0.1, 0.15) is 17.6 Å². The Morgan fingerprint density at radius 3 is 2.87 bits per heavy atom. The van der Waals surface area contributed by atoms with Crippen molar-refractivity contribution < 1.29 is 13.9 Å². The topological polar surface area (TPSA) is 42.2 Å². The maximum atomic E-state index is 13.1. The second kappa shape index (κ2) is 4.28. The van der Waals surface area contributed by atoms with Gasteiger partial charge in [0.15, 0.2) is 0 Å². The van der Waals surface area contributed by atoms with Crippen molar-refractivity contribution in [3.63, 3.8) is 0 Å². The van der Waals surface area contributed by atoms with Gasteiger partial charge in [0.05, 0.1) is 25.4 Å². The highest BCUT2D eigenvalue weighted by atomic mass is 19.1. The number of nitriles is 1. The summed E-state index contributed by atoms with van der Waals surface area (Å²) in [6.45, 7) is 1.95. The van der Waals surface area contributed by atoms with Crippen molar-refractivity contribution in [3.8, 4) is 11.8 Å². The molecule has 78 valence electrons. The van der Waals surface area contributed by atoms with E-state index in [1.165, 1.54) is 12.1 Å². The van der Waals surface area contributed by atoms with E-state index >= 15 is 0 Å². The SMILES string of the molecule is N#Cc1ccc(OCC2COC2)cc1F. The summed E-state index contributed by atoms with van der Waals surface area (Å²) < 4.78 is 23.5. The first-order valence-corrected chi connectivity index (χ1v) is 4.70. The average Bonchev–Trinajstić information content (AvgIpc) is 2.16. The van der Waals surface area contributed by atoms with Gasteiger partial charge in [0.25, 0.3) is 0 Å². The molecule has 1 aliphatic heterocycles. The highest BCUT2D eigenvalue weighted by molar-refractivity contribution is 5.36. The third-order valence-electron chi connectivity index (χ3n) is 2.25. The molecule has 1 aromatic carbocycles. The van der Waals surface area contributed by atoms with Gasteiger partial charge in [-0.25, -0.2) is 4.39 Å². The molecule has 0 amide bonds. The van der Waals surface area contributed by atoms with E-state index in [2.05, 4.69) is 0 Å². The molecule has 0 aromatic heterocycles. The first kappa shape index (κ1) is 9.94. The van der Waals surface area contributed by atoms with Gasteiger partial charge in [-0.2, -0.15) is 5.26 Å². The number of rotatable bonds is 3. The number of hydrogen-bond donors (Lipinski definition) is 0. The Morgan fingerprint density at radius 1 is 1.53 bits per heavy atom. The number of benzene rings is 1. The van der Waals surface area contributed by atoms with Crippen LogP contribution in [-0.4, -0.2) is 19.8 Å². The minimum atomic E-state index is -0.542. The molecule has 4 heteroatoms. The molecule has 0 saturated carbocycles. The van der Waals surface area contributed by atoms with Gasteiger partial charge in [0.2, 0.25) is 0 Å². The van der Waals surface area contributed by atoms with E-state index in [9.17, 15) is 4.39 Å². The minimum absolute atomic E-state index is 0.0364. The van der Waals surface area contributed by atoms with E-state index in [1.54, 1.807) is 12.1 Å². The van der Waals surface area contributed by atoms with Crippen molar-refractivity contribution in [1.82, 2.24) is 0 Å². The van der Waals surface area contributed by atoms with Crippen LogP contribution in [0.4, 0.5) is 4.39 Å². The standard InChI is InChI=1S/C11H10FNO2/c12-11-3-10(2-1-9(11)4-13)15-7-8-5-14-6-8/h1-3,8H,5-7H2. The van der Waals surface area contributed by atoms with Crippen LogP contribution in [0, 0.1) is 23.1 Å². The van der Waals surface area contributed by atoms with E-state index in [0.717, 1.165) is 0 Å². The molecule has 1 fully saturated rings. The second-order valence-electron chi connectivity index (χ2n) is 3.47. The molecule has 1 heterocycles. The molecule has 0 atom stereocenters. The van der Waals surface area contributed by atoms with Crippen molar-refractivity contribution in [2.24, 2.45) is 5.92 Å². The van der Waals surface area contributed by atoms with Crippen LogP contribution in [0.3, 0.4) is 0 Å². The Bertz CT molecular complexity index is 396. The molecule has 15 heavy (non-hydrogen) atoms. The number of nitrogens with zero attached hydrogens (tertiary/aromatic N) is 1. The molecular formula is C11H10FNO2. The molecule has 2 rings (SSSR count). The summed E-state index contributed by atoms with van der Waals surface area (Å²) in [5.41, 5.74) is 0.0364.